The number of aromatic nitrogens is 3. The van der Waals surface area contributed by atoms with Gasteiger partial charge in [-0.1, -0.05) is 6.07 Å². The molecule has 2 atom stereocenters. The predicted molar refractivity (Wildman–Crippen MR) is 129 cm³/mol. The second-order valence-electron chi connectivity index (χ2n) is 9.89. The van der Waals surface area contributed by atoms with Crippen LogP contribution in [0.5, 0.6) is 0 Å². The van der Waals surface area contributed by atoms with Gasteiger partial charge in [0, 0.05) is 48.1 Å². The minimum Gasteiger partial charge on any atom is -0.355 e. The monoisotopic (exact) mass is 469 g/mol. The van der Waals surface area contributed by atoms with Crippen molar-refractivity contribution in [2.75, 3.05) is 20.6 Å². The van der Waals surface area contributed by atoms with Crippen LogP contribution < -0.4 is 5.32 Å². The van der Waals surface area contributed by atoms with Gasteiger partial charge in [-0.3, -0.25) is 14.9 Å². The van der Waals surface area contributed by atoms with Crippen molar-refractivity contribution in [3.8, 4) is 0 Å². The van der Waals surface area contributed by atoms with Crippen LogP contribution in [0.15, 0.2) is 42.9 Å². The van der Waals surface area contributed by atoms with E-state index >= 15 is 0 Å². The van der Waals surface area contributed by atoms with Crippen LogP contribution in [0.4, 0.5) is 8.78 Å². The van der Waals surface area contributed by atoms with Gasteiger partial charge < -0.3 is 10.2 Å². The summed E-state index contributed by atoms with van der Waals surface area (Å²) in [6, 6.07) is 7.68. The summed E-state index contributed by atoms with van der Waals surface area (Å²) in [6.07, 6.45) is 6.67. The Labute approximate surface area is 199 Å². The van der Waals surface area contributed by atoms with Crippen LogP contribution in [-0.2, 0) is 11.2 Å². The van der Waals surface area contributed by atoms with Crippen LogP contribution in [0.3, 0.4) is 0 Å². The number of halogens is 2. The molecular formula is C26H33F2N5O. The fourth-order valence-corrected chi connectivity index (χ4v) is 5.06. The first-order chi connectivity index (χ1) is 16.1. The molecule has 1 aliphatic carbocycles. The molecule has 0 radical (unpaired) electrons. The normalized spacial score (nSPS) is 17.0. The zero-order chi connectivity index (χ0) is 24.5. The Balaban J connectivity index is 1.45. The van der Waals surface area contributed by atoms with Crippen LogP contribution in [0.1, 0.15) is 48.8 Å². The number of hydrogen-bond acceptors (Lipinski definition) is 4. The second kappa shape index (κ2) is 9.41. The van der Waals surface area contributed by atoms with E-state index in [1.807, 2.05) is 26.4 Å². The summed E-state index contributed by atoms with van der Waals surface area (Å²) in [6.45, 7) is 3.50. The van der Waals surface area contributed by atoms with Crippen molar-refractivity contribution in [1.29, 1.82) is 0 Å². The first kappa shape index (κ1) is 24.3. The Bertz CT molecular complexity index is 1140. The summed E-state index contributed by atoms with van der Waals surface area (Å²) in [4.78, 5) is 19.1. The molecular weight excluding hydrogens is 436 g/mol. The van der Waals surface area contributed by atoms with E-state index in [9.17, 15) is 13.6 Å². The van der Waals surface area contributed by atoms with Gasteiger partial charge in [-0.05, 0) is 82.1 Å². The molecule has 3 aromatic rings. The van der Waals surface area contributed by atoms with Gasteiger partial charge in [-0.2, -0.15) is 5.10 Å². The molecule has 4 rings (SSSR count). The van der Waals surface area contributed by atoms with Gasteiger partial charge >= 0.3 is 0 Å². The van der Waals surface area contributed by atoms with Crippen molar-refractivity contribution >= 4 is 16.8 Å². The molecule has 0 aliphatic heterocycles. The zero-order valence-corrected chi connectivity index (χ0v) is 20.2. The maximum Gasteiger partial charge on any atom is 0.251 e. The maximum atomic E-state index is 14.6. The van der Waals surface area contributed by atoms with E-state index in [-0.39, 0.29) is 18.4 Å². The Hall–Kier alpha value is -2.87. The molecule has 34 heavy (non-hydrogen) atoms. The average Bonchev–Trinajstić information content (AvgIpc) is 3.47. The number of pyridine rings is 1. The molecule has 182 valence electrons. The van der Waals surface area contributed by atoms with Crippen molar-refractivity contribution in [2.24, 2.45) is 5.41 Å². The summed E-state index contributed by atoms with van der Waals surface area (Å²) in [7, 11) is 3.97. The summed E-state index contributed by atoms with van der Waals surface area (Å²) in [5.41, 5.74) is 2.95. The van der Waals surface area contributed by atoms with Gasteiger partial charge in [0.1, 0.15) is 0 Å². The van der Waals surface area contributed by atoms with Gasteiger partial charge in [0.2, 0.25) is 5.91 Å². The molecule has 0 unspecified atom stereocenters. The molecule has 1 amide bonds. The number of fused-ring (bicyclic) bond motifs is 1. The van der Waals surface area contributed by atoms with E-state index in [4.69, 9.17) is 0 Å². The third-order valence-corrected chi connectivity index (χ3v) is 7.55. The molecule has 1 aromatic carbocycles. The number of rotatable bonds is 10. The number of amides is 1. The molecule has 0 spiro atoms. The van der Waals surface area contributed by atoms with Crippen LogP contribution in [-0.4, -0.2) is 58.6 Å². The van der Waals surface area contributed by atoms with Crippen molar-refractivity contribution in [3.63, 3.8) is 0 Å². The van der Waals surface area contributed by atoms with Crippen LogP contribution >= 0.6 is 0 Å². The third kappa shape index (κ3) is 4.82. The molecule has 8 heteroatoms. The largest absolute Gasteiger partial charge is 0.355 e. The van der Waals surface area contributed by atoms with Crippen LogP contribution in [0.2, 0.25) is 0 Å². The molecule has 2 heterocycles. The third-order valence-electron chi connectivity index (χ3n) is 7.55. The van der Waals surface area contributed by atoms with E-state index in [2.05, 4.69) is 38.4 Å². The number of H-pyrrole nitrogens is 1. The summed E-state index contributed by atoms with van der Waals surface area (Å²) in [5, 5.41) is 11.2. The van der Waals surface area contributed by atoms with Crippen LogP contribution in [0, 0.1) is 12.3 Å². The highest BCUT2D eigenvalue weighted by molar-refractivity contribution is 5.82. The fourth-order valence-electron chi connectivity index (χ4n) is 5.06. The number of aryl methyl sites for hydroxylation is 1. The van der Waals surface area contributed by atoms with Crippen LogP contribution in [0.25, 0.3) is 10.9 Å². The highest BCUT2D eigenvalue weighted by atomic mass is 19.3. The number of hydrogen-bond donors (Lipinski definition) is 2. The molecule has 1 aliphatic rings. The first-order valence-electron chi connectivity index (χ1n) is 11.7. The molecule has 1 fully saturated rings. The quantitative estimate of drug-likeness (QED) is 0.460. The average molecular weight is 470 g/mol. The Morgan fingerprint density at radius 2 is 1.94 bits per heavy atom. The number of carbonyl (C=O) groups is 1. The minimum atomic E-state index is -2.85. The van der Waals surface area contributed by atoms with Gasteiger partial charge in [-0.25, -0.2) is 8.78 Å². The van der Waals surface area contributed by atoms with E-state index in [0.29, 0.717) is 19.4 Å². The number of likely N-dealkylation sites (N-methyl/N-ethyl adjacent to an activating group) is 1. The number of nitrogens with zero attached hydrogens (tertiary/aromatic N) is 3. The summed E-state index contributed by atoms with van der Waals surface area (Å²) in [5.74, 6) is -3.60. The number of carbonyl (C=O) groups excluding carboxylic acids is 1. The Morgan fingerprint density at radius 1 is 1.24 bits per heavy atom. The lowest BCUT2D eigenvalue weighted by molar-refractivity contribution is -0.123. The fraction of sp³-hybridized carbons (Fsp3) is 0.500. The topological polar surface area (TPSA) is 73.9 Å². The number of benzene rings is 1. The van der Waals surface area contributed by atoms with Crippen molar-refractivity contribution < 1.29 is 13.6 Å². The van der Waals surface area contributed by atoms with Crippen molar-refractivity contribution in [2.45, 2.75) is 57.4 Å². The van der Waals surface area contributed by atoms with Crippen molar-refractivity contribution in [1.82, 2.24) is 25.4 Å². The van der Waals surface area contributed by atoms with E-state index < -0.39 is 17.3 Å². The second-order valence-corrected chi connectivity index (χ2v) is 9.89. The highest BCUT2D eigenvalue weighted by Gasteiger charge is 2.63. The van der Waals surface area contributed by atoms with Gasteiger partial charge in [0.25, 0.3) is 5.92 Å². The molecule has 0 saturated heterocycles. The maximum absolute atomic E-state index is 14.6. The Morgan fingerprint density at radius 3 is 2.56 bits per heavy atom. The smallest absolute Gasteiger partial charge is 0.251 e. The molecule has 1 saturated carbocycles. The molecule has 6 nitrogen and oxygen atoms in total. The zero-order valence-electron chi connectivity index (χ0n) is 20.2. The molecule has 2 N–H and O–H groups in total. The number of alkyl halides is 2. The molecule has 0 bridgehead atoms. The minimum absolute atomic E-state index is 0.0353. The first-order valence-corrected chi connectivity index (χ1v) is 11.7. The number of aromatic amines is 1. The van der Waals surface area contributed by atoms with Gasteiger partial charge in [-0.15, -0.1) is 0 Å². The van der Waals surface area contributed by atoms with Gasteiger partial charge in [0.05, 0.1) is 11.7 Å². The SMILES string of the molecule is Cc1c(C[C@@H](CNC(=O)C[C@@H](c2ccncc2)C2(C(C)(F)F)CC2)N(C)C)ccc2[nH]ncc12. The standard InChI is InChI=1S/C26H33F2N5O/c1-17-19(5-6-23-21(17)16-31-32-23)13-20(33(3)4)15-30-24(34)14-22(18-7-11-29-12-8-18)26(9-10-26)25(2,27)28/h5-8,11-12,16,20,22H,9-10,13-15H2,1-4H3,(H,30,34)(H,31,32)/t20-,22-/m0/s1. The highest BCUT2D eigenvalue weighted by Crippen LogP contribution is 2.65. The lowest BCUT2D eigenvalue weighted by Crippen LogP contribution is -2.43. The predicted octanol–water partition coefficient (Wildman–Crippen LogP) is 4.46. The summed E-state index contributed by atoms with van der Waals surface area (Å²) >= 11 is 0. The van der Waals surface area contributed by atoms with E-state index in [1.54, 1.807) is 24.5 Å². The lowest BCUT2D eigenvalue weighted by Gasteiger charge is -2.32. The van der Waals surface area contributed by atoms with Gasteiger partial charge in [0.15, 0.2) is 0 Å². The summed E-state index contributed by atoms with van der Waals surface area (Å²) < 4.78 is 29.2. The molecule has 2 aromatic heterocycles. The van der Waals surface area contributed by atoms with E-state index in [0.717, 1.165) is 29.8 Å². The lowest BCUT2D eigenvalue weighted by atomic mass is 9.77. The van der Waals surface area contributed by atoms with Crippen molar-refractivity contribution in [3.05, 3.63) is 59.5 Å². The Kier molecular flexibility index (Phi) is 6.71. The number of nitrogens with one attached hydrogen (secondary N) is 2. The van der Waals surface area contributed by atoms with E-state index in [1.165, 1.54) is 11.1 Å².